The van der Waals surface area contributed by atoms with Gasteiger partial charge in [0.15, 0.2) is 11.5 Å². The zero-order chi connectivity index (χ0) is 19.4. The molecule has 0 aromatic heterocycles. The van der Waals surface area contributed by atoms with Crippen molar-refractivity contribution < 1.29 is 14.3 Å². The van der Waals surface area contributed by atoms with Crippen molar-refractivity contribution in [1.82, 2.24) is 5.01 Å². The van der Waals surface area contributed by atoms with Gasteiger partial charge in [-0.2, -0.15) is 5.10 Å². The monoisotopic (exact) mass is 387 g/mol. The highest BCUT2D eigenvalue weighted by Gasteiger charge is 2.23. The number of carbonyl (C=O) groups excluding carboxylic acids is 1. The Balaban J connectivity index is 1.90. The first-order valence-corrected chi connectivity index (χ1v) is 9.17. The van der Waals surface area contributed by atoms with Crippen molar-refractivity contribution in [3.05, 3.63) is 52.5 Å². The van der Waals surface area contributed by atoms with Crippen LogP contribution in [0.1, 0.15) is 35.7 Å². The van der Waals surface area contributed by atoms with Gasteiger partial charge in [-0.1, -0.05) is 11.6 Å². The summed E-state index contributed by atoms with van der Waals surface area (Å²) in [5.74, 6) is 1.08. The predicted molar refractivity (Wildman–Crippen MR) is 107 cm³/mol. The first-order chi connectivity index (χ1) is 13.0. The van der Waals surface area contributed by atoms with E-state index < -0.39 is 0 Å². The van der Waals surface area contributed by atoms with E-state index in [1.807, 2.05) is 25.1 Å². The standard InChI is InChI=1S/C20H22ClN3O3/c1-3-27-19-11-13(6-9-18(19)26-2)17-5-4-10-24(23-17)20(25)15-8-7-14(22)12-16(15)21/h6-9,11-12H,3-5,10,22H2,1-2H3. The minimum absolute atomic E-state index is 0.240. The van der Waals surface area contributed by atoms with Crippen LogP contribution in [-0.4, -0.2) is 36.9 Å². The first-order valence-electron chi connectivity index (χ1n) is 8.79. The van der Waals surface area contributed by atoms with E-state index in [1.165, 1.54) is 5.01 Å². The summed E-state index contributed by atoms with van der Waals surface area (Å²) in [6.45, 7) is 2.99. The normalized spacial score (nSPS) is 13.9. The van der Waals surface area contributed by atoms with Gasteiger partial charge in [0.1, 0.15) is 0 Å². The second-order valence-electron chi connectivity index (χ2n) is 6.12. The molecule has 1 heterocycles. The largest absolute Gasteiger partial charge is 0.493 e. The summed E-state index contributed by atoms with van der Waals surface area (Å²) in [5, 5.41) is 6.35. The molecule has 142 valence electrons. The number of methoxy groups -OCH3 is 1. The molecule has 6 nitrogen and oxygen atoms in total. The van der Waals surface area contributed by atoms with Gasteiger partial charge in [0.05, 0.1) is 30.0 Å². The van der Waals surface area contributed by atoms with Gasteiger partial charge in [0, 0.05) is 17.8 Å². The van der Waals surface area contributed by atoms with Crippen LogP contribution >= 0.6 is 11.6 Å². The van der Waals surface area contributed by atoms with E-state index >= 15 is 0 Å². The van der Waals surface area contributed by atoms with Gasteiger partial charge in [-0.25, -0.2) is 5.01 Å². The molecule has 0 radical (unpaired) electrons. The van der Waals surface area contributed by atoms with Crippen molar-refractivity contribution in [1.29, 1.82) is 0 Å². The molecule has 27 heavy (non-hydrogen) atoms. The van der Waals surface area contributed by atoms with Gasteiger partial charge in [-0.3, -0.25) is 4.79 Å². The number of hydrogen-bond donors (Lipinski definition) is 1. The highest BCUT2D eigenvalue weighted by atomic mass is 35.5. The maximum absolute atomic E-state index is 12.8. The smallest absolute Gasteiger partial charge is 0.275 e. The van der Waals surface area contributed by atoms with Gasteiger partial charge in [0.2, 0.25) is 0 Å². The maximum atomic E-state index is 12.8. The molecular formula is C20H22ClN3O3. The van der Waals surface area contributed by atoms with Crippen LogP contribution in [0.15, 0.2) is 41.5 Å². The highest BCUT2D eigenvalue weighted by molar-refractivity contribution is 6.34. The third-order valence-electron chi connectivity index (χ3n) is 4.28. The third-order valence-corrected chi connectivity index (χ3v) is 4.59. The topological polar surface area (TPSA) is 77.2 Å². The van der Waals surface area contributed by atoms with Crippen molar-refractivity contribution in [2.24, 2.45) is 5.10 Å². The summed E-state index contributed by atoms with van der Waals surface area (Å²) >= 11 is 6.18. The van der Waals surface area contributed by atoms with Crippen LogP contribution in [0.4, 0.5) is 5.69 Å². The van der Waals surface area contributed by atoms with E-state index in [1.54, 1.807) is 25.3 Å². The lowest BCUT2D eigenvalue weighted by Gasteiger charge is -2.24. The molecule has 0 unspecified atom stereocenters. The van der Waals surface area contributed by atoms with E-state index in [4.69, 9.17) is 26.8 Å². The van der Waals surface area contributed by atoms with Crippen molar-refractivity contribution in [2.75, 3.05) is 26.0 Å². The molecule has 3 rings (SSSR count). The van der Waals surface area contributed by atoms with Crippen LogP contribution in [0, 0.1) is 0 Å². The number of carbonyl (C=O) groups is 1. The Hall–Kier alpha value is -2.73. The number of benzene rings is 2. The molecule has 0 aliphatic carbocycles. The van der Waals surface area contributed by atoms with Crippen LogP contribution in [0.25, 0.3) is 0 Å². The van der Waals surface area contributed by atoms with Crippen LogP contribution in [-0.2, 0) is 0 Å². The number of nitrogen functional groups attached to an aromatic ring is 1. The second kappa shape index (κ2) is 8.31. The molecular weight excluding hydrogens is 366 g/mol. The van der Waals surface area contributed by atoms with Crippen LogP contribution in [0.3, 0.4) is 0 Å². The van der Waals surface area contributed by atoms with E-state index in [9.17, 15) is 4.79 Å². The Kier molecular flexibility index (Phi) is 5.86. The molecule has 2 aromatic rings. The molecule has 1 amide bonds. The number of hydrazone groups is 1. The van der Waals surface area contributed by atoms with Crippen LogP contribution in [0.2, 0.25) is 5.02 Å². The second-order valence-corrected chi connectivity index (χ2v) is 6.52. The van der Waals surface area contributed by atoms with Crippen LogP contribution < -0.4 is 15.2 Å². The highest BCUT2D eigenvalue weighted by Crippen LogP contribution is 2.30. The molecule has 7 heteroatoms. The number of ether oxygens (including phenoxy) is 2. The summed E-state index contributed by atoms with van der Waals surface area (Å²) in [4.78, 5) is 12.8. The molecule has 1 aliphatic rings. The van der Waals surface area contributed by atoms with Gasteiger partial charge in [-0.05, 0) is 56.2 Å². The average Bonchev–Trinajstić information content (AvgIpc) is 2.68. The zero-order valence-corrected chi connectivity index (χ0v) is 16.1. The Morgan fingerprint density at radius 1 is 1.26 bits per heavy atom. The van der Waals surface area contributed by atoms with E-state index in [0.29, 0.717) is 40.9 Å². The van der Waals surface area contributed by atoms with Gasteiger partial charge in [0.25, 0.3) is 5.91 Å². The number of rotatable bonds is 5. The SMILES string of the molecule is CCOc1cc(C2=NN(C(=O)c3ccc(N)cc3Cl)CCC2)ccc1OC. The van der Waals surface area contributed by atoms with E-state index in [-0.39, 0.29) is 5.91 Å². The number of halogens is 1. The molecule has 0 spiro atoms. The Morgan fingerprint density at radius 2 is 2.07 bits per heavy atom. The summed E-state index contributed by atoms with van der Waals surface area (Å²) in [6.07, 6.45) is 1.59. The van der Waals surface area contributed by atoms with Crippen molar-refractivity contribution in [3.8, 4) is 11.5 Å². The Bertz CT molecular complexity index is 883. The molecule has 2 aromatic carbocycles. The number of hydrogen-bond acceptors (Lipinski definition) is 5. The Labute approximate surface area is 163 Å². The molecule has 0 saturated carbocycles. The lowest BCUT2D eigenvalue weighted by atomic mass is 10.0. The first kappa shape index (κ1) is 19.0. The molecule has 2 N–H and O–H groups in total. The quantitative estimate of drug-likeness (QED) is 0.787. The summed E-state index contributed by atoms with van der Waals surface area (Å²) < 4.78 is 11.0. The fourth-order valence-corrected chi connectivity index (χ4v) is 3.23. The van der Waals surface area contributed by atoms with Gasteiger partial charge in [-0.15, -0.1) is 0 Å². The fraction of sp³-hybridized carbons (Fsp3) is 0.300. The minimum atomic E-state index is -0.240. The maximum Gasteiger partial charge on any atom is 0.275 e. The molecule has 1 aliphatic heterocycles. The lowest BCUT2D eigenvalue weighted by Crippen LogP contribution is -2.32. The fourth-order valence-electron chi connectivity index (χ4n) is 2.96. The minimum Gasteiger partial charge on any atom is -0.493 e. The predicted octanol–water partition coefficient (Wildman–Crippen LogP) is 3.97. The Morgan fingerprint density at radius 3 is 2.78 bits per heavy atom. The number of nitrogens with zero attached hydrogens (tertiary/aromatic N) is 2. The molecule has 0 fully saturated rings. The van der Waals surface area contributed by atoms with Crippen LogP contribution in [0.5, 0.6) is 11.5 Å². The zero-order valence-electron chi connectivity index (χ0n) is 15.4. The molecule has 0 bridgehead atoms. The summed E-state index contributed by atoms with van der Waals surface area (Å²) in [5.41, 5.74) is 8.34. The molecule has 0 saturated heterocycles. The van der Waals surface area contributed by atoms with E-state index in [2.05, 4.69) is 5.10 Å². The van der Waals surface area contributed by atoms with Gasteiger partial charge >= 0.3 is 0 Å². The summed E-state index contributed by atoms with van der Waals surface area (Å²) in [6, 6.07) is 10.5. The van der Waals surface area contributed by atoms with Crippen molar-refractivity contribution in [3.63, 3.8) is 0 Å². The van der Waals surface area contributed by atoms with Crippen molar-refractivity contribution >= 4 is 28.9 Å². The molecule has 0 atom stereocenters. The third kappa shape index (κ3) is 4.17. The number of anilines is 1. The number of nitrogens with two attached hydrogens (primary N) is 1. The number of amides is 1. The van der Waals surface area contributed by atoms with Crippen molar-refractivity contribution in [2.45, 2.75) is 19.8 Å². The lowest BCUT2D eigenvalue weighted by molar-refractivity contribution is 0.0752. The van der Waals surface area contributed by atoms with Gasteiger partial charge < -0.3 is 15.2 Å². The summed E-state index contributed by atoms with van der Waals surface area (Å²) in [7, 11) is 1.60. The van der Waals surface area contributed by atoms with E-state index in [0.717, 1.165) is 24.1 Å². The average molecular weight is 388 g/mol.